The Hall–Kier alpha value is -2.38. The first-order chi connectivity index (χ1) is 14.4. The minimum Gasteiger partial charge on any atom is -0.378 e. The van der Waals surface area contributed by atoms with Crippen LogP contribution in [0.25, 0.3) is 0 Å². The molecule has 0 radical (unpaired) electrons. The van der Waals surface area contributed by atoms with Gasteiger partial charge in [0, 0.05) is 45.0 Å². The Kier molecular flexibility index (Phi) is 7.50. The average Bonchev–Trinajstić information content (AvgIpc) is 2.77. The Balaban J connectivity index is 1.53. The zero-order valence-corrected chi connectivity index (χ0v) is 18.6. The average molecular weight is 430 g/mol. The van der Waals surface area contributed by atoms with E-state index in [1.165, 1.54) is 15.9 Å². The predicted molar refractivity (Wildman–Crippen MR) is 120 cm³/mol. The number of anilines is 1. The van der Waals surface area contributed by atoms with Gasteiger partial charge >= 0.3 is 0 Å². The van der Waals surface area contributed by atoms with Gasteiger partial charge in [-0.1, -0.05) is 24.6 Å². The van der Waals surface area contributed by atoms with Gasteiger partial charge < -0.3 is 10.2 Å². The molecule has 1 N–H and O–H groups in total. The number of nitrogens with zero attached hydrogens (tertiary/aromatic N) is 2. The summed E-state index contributed by atoms with van der Waals surface area (Å²) in [5, 5.41) is 2.90. The minimum absolute atomic E-state index is 0.193. The van der Waals surface area contributed by atoms with Gasteiger partial charge in [-0.15, -0.1) is 0 Å². The van der Waals surface area contributed by atoms with Gasteiger partial charge in [-0.2, -0.15) is 4.31 Å². The summed E-state index contributed by atoms with van der Waals surface area (Å²) in [4.78, 5) is 14.8. The maximum absolute atomic E-state index is 12.8. The van der Waals surface area contributed by atoms with Crippen LogP contribution in [0.5, 0.6) is 0 Å². The van der Waals surface area contributed by atoms with Gasteiger partial charge in [-0.05, 0) is 61.6 Å². The van der Waals surface area contributed by atoms with Gasteiger partial charge in [-0.3, -0.25) is 4.79 Å². The normalized spacial score (nSPS) is 15.0. The summed E-state index contributed by atoms with van der Waals surface area (Å²) in [7, 11) is 0.483. The van der Waals surface area contributed by atoms with E-state index in [1.54, 1.807) is 18.2 Å². The summed E-state index contributed by atoms with van der Waals surface area (Å²) in [5.41, 5.74) is 2.76. The summed E-state index contributed by atoms with van der Waals surface area (Å²) in [6, 6.07) is 14.7. The minimum atomic E-state index is -3.54. The maximum Gasteiger partial charge on any atom is 0.251 e. The highest BCUT2D eigenvalue weighted by molar-refractivity contribution is 7.89. The third kappa shape index (κ3) is 5.61. The molecule has 1 fully saturated rings. The van der Waals surface area contributed by atoms with E-state index in [-0.39, 0.29) is 10.8 Å². The molecular weight excluding hydrogens is 398 g/mol. The van der Waals surface area contributed by atoms with Crippen LogP contribution in [0.3, 0.4) is 0 Å². The number of carbonyl (C=O) groups excluding carboxylic acids is 1. The number of amides is 1. The van der Waals surface area contributed by atoms with Crippen LogP contribution in [0.1, 0.15) is 41.6 Å². The maximum atomic E-state index is 12.8. The Morgan fingerprint density at radius 2 is 1.73 bits per heavy atom. The summed E-state index contributed by atoms with van der Waals surface area (Å²) >= 11 is 0. The number of benzene rings is 2. The quantitative estimate of drug-likeness (QED) is 0.654. The van der Waals surface area contributed by atoms with Crippen LogP contribution in [0.15, 0.2) is 53.4 Å². The van der Waals surface area contributed by atoms with Crippen molar-refractivity contribution >= 4 is 21.6 Å². The monoisotopic (exact) mass is 429 g/mol. The lowest BCUT2D eigenvalue weighted by molar-refractivity contribution is 0.0953. The molecule has 1 amide bonds. The van der Waals surface area contributed by atoms with E-state index in [2.05, 4.69) is 34.5 Å². The van der Waals surface area contributed by atoms with Gasteiger partial charge in [0.05, 0.1) is 4.90 Å². The number of hydrogen-bond acceptors (Lipinski definition) is 4. The summed E-state index contributed by atoms with van der Waals surface area (Å²) in [6.45, 7) is 1.64. The van der Waals surface area contributed by atoms with Crippen molar-refractivity contribution < 1.29 is 13.2 Å². The van der Waals surface area contributed by atoms with Gasteiger partial charge in [-0.25, -0.2) is 8.42 Å². The highest BCUT2D eigenvalue weighted by Gasteiger charge is 2.26. The fraction of sp³-hybridized carbons (Fsp3) is 0.435. The van der Waals surface area contributed by atoms with E-state index in [0.717, 1.165) is 37.8 Å². The molecule has 3 rings (SSSR count). The van der Waals surface area contributed by atoms with Crippen LogP contribution in [-0.2, 0) is 16.4 Å². The van der Waals surface area contributed by atoms with Crippen molar-refractivity contribution in [3.05, 3.63) is 59.7 Å². The second-order valence-corrected chi connectivity index (χ2v) is 9.85. The van der Waals surface area contributed by atoms with E-state index in [9.17, 15) is 13.2 Å². The van der Waals surface area contributed by atoms with Crippen molar-refractivity contribution in [1.29, 1.82) is 0 Å². The lowest BCUT2D eigenvalue weighted by Crippen LogP contribution is -2.35. The van der Waals surface area contributed by atoms with E-state index in [4.69, 9.17) is 0 Å². The number of aryl methyl sites for hydroxylation is 1. The van der Waals surface area contributed by atoms with Crippen molar-refractivity contribution in [3.8, 4) is 0 Å². The topological polar surface area (TPSA) is 69.7 Å². The number of carbonyl (C=O) groups is 1. The molecule has 1 saturated heterocycles. The number of sulfonamides is 1. The summed E-state index contributed by atoms with van der Waals surface area (Å²) in [6.07, 6.45) is 4.53. The molecule has 0 unspecified atom stereocenters. The largest absolute Gasteiger partial charge is 0.378 e. The molecule has 6 nitrogen and oxygen atoms in total. The van der Waals surface area contributed by atoms with Crippen LogP contribution in [0, 0.1) is 0 Å². The van der Waals surface area contributed by atoms with Crippen LogP contribution < -0.4 is 10.2 Å². The van der Waals surface area contributed by atoms with E-state index in [0.29, 0.717) is 25.2 Å². The molecular formula is C23H31N3O3S. The molecule has 0 aliphatic carbocycles. The lowest BCUT2D eigenvalue weighted by Gasteiger charge is -2.26. The fourth-order valence-corrected chi connectivity index (χ4v) is 5.17. The lowest BCUT2D eigenvalue weighted by atomic mass is 10.1. The second-order valence-electron chi connectivity index (χ2n) is 7.91. The van der Waals surface area contributed by atoms with Gasteiger partial charge in [0.25, 0.3) is 5.91 Å². The molecule has 162 valence electrons. The molecule has 0 saturated carbocycles. The molecule has 0 bridgehead atoms. The van der Waals surface area contributed by atoms with Crippen molar-refractivity contribution in [1.82, 2.24) is 9.62 Å². The van der Waals surface area contributed by atoms with Crippen molar-refractivity contribution in [2.45, 2.75) is 37.0 Å². The first-order valence-corrected chi connectivity index (χ1v) is 12.0. The SMILES string of the molecule is CN(C)c1ccc(CCCNC(=O)c2cccc(S(=O)(=O)N3CCCCC3)c2)cc1. The van der Waals surface area contributed by atoms with E-state index in [1.807, 2.05) is 14.1 Å². The molecule has 0 atom stereocenters. The molecule has 1 heterocycles. The van der Waals surface area contributed by atoms with E-state index >= 15 is 0 Å². The molecule has 30 heavy (non-hydrogen) atoms. The molecule has 0 aromatic heterocycles. The van der Waals surface area contributed by atoms with Crippen LogP contribution >= 0.6 is 0 Å². The molecule has 0 spiro atoms. The predicted octanol–water partition coefficient (Wildman–Crippen LogP) is 3.29. The van der Waals surface area contributed by atoms with Crippen LogP contribution in [-0.4, -0.2) is 52.4 Å². The van der Waals surface area contributed by atoms with Gasteiger partial charge in [0.2, 0.25) is 10.0 Å². The Morgan fingerprint density at radius 1 is 1.03 bits per heavy atom. The highest BCUT2D eigenvalue weighted by Crippen LogP contribution is 2.21. The molecule has 7 heteroatoms. The third-order valence-electron chi connectivity index (χ3n) is 5.43. The first-order valence-electron chi connectivity index (χ1n) is 10.5. The number of hydrogen-bond donors (Lipinski definition) is 1. The van der Waals surface area contributed by atoms with Crippen LogP contribution in [0.4, 0.5) is 5.69 Å². The Labute approximate surface area is 179 Å². The summed E-state index contributed by atoms with van der Waals surface area (Å²) < 4.78 is 27.2. The molecule has 2 aromatic rings. The van der Waals surface area contributed by atoms with E-state index < -0.39 is 10.0 Å². The molecule has 2 aromatic carbocycles. The van der Waals surface area contributed by atoms with Gasteiger partial charge in [0.15, 0.2) is 0 Å². The second kappa shape index (κ2) is 10.1. The van der Waals surface area contributed by atoms with Gasteiger partial charge in [0.1, 0.15) is 0 Å². The zero-order chi connectivity index (χ0) is 21.6. The number of piperidine rings is 1. The highest BCUT2D eigenvalue weighted by atomic mass is 32.2. The third-order valence-corrected chi connectivity index (χ3v) is 7.32. The van der Waals surface area contributed by atoms with Crippen molar-refractivity contribution in [2.75, 3.05) is 38.6 Å². The first kappa shape index (κ1) is 22.3. The standard InChI is InChI=1S/C23H31N3O3S/c1-25(2)21-13-11-19(12-14-21)8-7-15-24-23(27)20-9-6-10-22(18-20)30(28,29)26-16-4-3-5-17-26/h6,9-14,18H,3-5,7-8,15-17H2,1-2H3,(H,24,27). The fourth-order valence-electron chi connectivity index (χ4n) is 3.61. The van der Waals surface area contributed by atoms with Crippen LogP contribution in [0.2, 0.25) is 0 Å². The smallest absolute Gasteiger partial charge is 0.251 e. The number of nitrogens with one attached hydrogen (secondary N) is 1. The molecule has 1 aliphatic heterocycles. The summed E-state index contributed by atoms with van der Waals surface area (Å²) in [5.74, 6) is -0.242. The number of rotatable bonds is 8. The molecule has 1 aliphatic rings. The Morgan fingerprint density at radius 3 is 2.40 bits per heavy atom. The Bertz CT molecular complexity index is 950. The van der Waals surface area contributed by atoms with Crippen molar-refractivity contribution in [2.24, 2.45) is 0 Å². The zero-order valence-electron chi connectivity index (χ0n) is 17.8. The van der Waals surface area contributed by atoms with Crippen molar-refractivity contribution in [3.63, 3.8) is 0 Å².